The van der Waals surface area contributed by atoms with Crippen LogP contribution in [-0.4, -0.2) is 9.97 Å². The molecule has 11 heavy (non-hydrogen) atoms. The fourth-order valence-electron chi connectivity index (χ4n) is 0.557. The van der Waals surface area contributed by atoms with Crippen molar-refractivity contribution in [2.75, 3.05) is 0 Å². The number of rotatable bonds is 1. The van der Waals surface area contributed by atoms with Crippen molar-refractivity contribution in [3.05, 3.63) is 31.7 Å². The van der Waals surface area contributed by atoms with Crippen LogP contribution in [0.1, 0.15) is 25.5 Å². The molecule has 0 aliphatic carbocycles. The van der Waals surface area contributed by atoms with E-state index in [1.54, 1.807) is 12.4 Å². The Labute approximate surface area is 82.7 Å². The maximum atomic E-state index is 3.99. The minimum absolute atomic E-state index is 0. The van der Waals surface area contributed by atoms with Crippen LogP contribution in [0.3, 0.4) is 0 Å². The Bertz CT molecular complexity index is 175. The molecule has 1 rings (SSSR count). The summed E-state index contributed by atoms with van der Waals surface area (Å²) in [5.41, 5.74) is 0.998. The van der Waals surface area contributed by atoms with Crippen LogP contribution >= 0.6 is 0 Å². The second-order valence-corrected chi connectivity index (χ2v) is 2.23. The van der Waals surface area contributed by atoms with Gasteiger partial charge in [-0.3, -0.25) is 0 Å². The molecule has 60 valence electrons. The van der Waals surface area contributed by atoms with E-state index in [0.717, 1.165) is 5.69 Å². The van der Waals surface area contributed by atoms with Gasteiger partial charge in [-0.2, -0.15) is 0 Å². The van der Waals surface area contributed by atoms with Gasteiger partial charge in [-0.25, -0.2) is 0 Å². The molecule has 0 N–H and O–H groups in total. The summed E-state index contributed by atoms with van der Waals surface area (Å²) in [5.74, 6) is 0.454. The van der Waals surface area contributed by atoms with Gasteiger partial charge < -0.3 is 17.4 Å². The molecule has 0 spiro atoms. The Morgan fingerprint density at radius 2 is 2.09 bits per heavy atom. The summed E-state index contributed by atoms with van der Waals surface area (Å²) in [4.78, 5) is 7.88. The summed E-state index contributed by atoms with van der Waals surface area (Å²) in [6.45, 7) is 4.16. The summed E-state index contributed by atoms with van der Waals surface area (Å²) in [6, 6.07) is 0. The summed E-state index contributed by atoms with van der Waals surface area (Å²) < 4.78 is 0. The predicted octanol–water partition coefficient (Wildman–Crippen LogP) is 1.85. The first-order chi connectivity index (χ1) is 4.30. The molecular weight excluding hydrogens is 308 g/mol. The minimum atomic E-state index is 0. The monoisotopic (exact) mass is 320 g/mol. The smallest absolute Gasteiger partial charge is 0.453 e. The fraction of sp³-hybridized carbons (Fsp3) is 0.375. The van der Waals surface area contributed by atoms with E-state index in [9.17, 15) is 0 Å². The van der Waals surface area contributed by atoms with Gasteiger partial charge in [-0.05, 0) is 12.4 Å². The van der Waals surface area contributed by atoms with E-state index in [1.165, 1.54) is 0 Å². The quantitative estimate of drug-likeness (QED) is 0.738. The zero-order valence-corrected chi connectivity index (χ0v) is 9.97. The SMILES string of the molecule is CC(C)c1cnc[c-]n1.[CH3-].[W+2]. The van der Waals surface area contributed by atoms with Gasteiger partial charge in [0.05, 0.1) is 0 Å². The Balaban J connectivity index is 0. The molecular formula is C8H12N2W. The van der Waals surface area contributed by atoms with Gasteiger partial charge in [0.25, 0.3) is 0 Å². The van der Waals surface area contributed by atoms with Crippen molar-refractivity contribution in [3.8, 4) is 0 Å². The Morgan fingerprint density at radius 3 is 2.36 bits per heavy atom. The van der Waals surface area contributed by atoms with Crippen LogP contribution in [0.4, 0.5) is 0 Å². The molecule has 0 aliphatic heterocycles. The zero-order chi connectivity index (χ0) is 6.69. The van der Waals surface area contributed by atoms with Crippen LogP contribution in [0.15, 0.2) is 12.4 Å². The molecule has 0 fully saturated rings. The first-order valence-corrected chi connectivity index (χ1v) is 2.98. The number of nitrogens with zero attached hydrogens (tertiary/aromatic N) is 2. The number of hydrogen-bond acceptors (Lipinski definition) is 2. The van der Waals surface area contributed by atoms with Crippen molar-refractivity contribution in [2.24, 2.45) is 0 Å². The normalized spacial score (nSPS) is 8.27. The van der Waals surface area contributed by atoms with Crippen molar-refractivity contribution in [1.29, 1.82) is 0 Å². The number of aromatic nitrogens is 2. The van der Waals surface area contributed by atoms with Crippen LogP contribution in [0.5, 0.6) is 0 Å². The summed E-state index contributed by atoms with van der Waals surface area (Å²) in [6.07, 6.45) is 6.01. The summed E-state index contributed by atoms with van der Waals surface area (Å²) >= 11 is 0. The molecule has 0 atom stereocenters. The van der Waals surface area contributed by atoms with Crippen LogP contribution in [0.25, 0.3) is 0 Å². The van der Waals surface area contributed by atoms with E-state index >= 15 is 0 Å². The van der Waals surface area contributed by atoms with Crippen molar-refractivity contribution in [1.82, 2.24) is 9.97 Å². The third-order valence-electron chi connectivity index (χ3n) is 1.12. The molecule has 0 saturated heterocycles. The van der Waals surface area contributed by atoms with Gasteiger partial charge >= 0.3 is 21.1 Å². The third-order valence-corrected chi connectivity index (χ3v) is 1.12. The van der Waals surface area contributed by atoms with Gasteiger partial charge in [-0.15, -0.1) is 6.20 Å². The average Bonchev–Trinajstić information content (AvgIpc) is 1.90. The molecule has 0 saturated carbocycles. The minimum Gasteiger partial charge on any atom is -0.453 e. The molecule has 1 heterocycles. The Morgan fingerprint density at radius 1 is 1.45 bits per heavy atom. The zero-order valence-electron chi connectivity index (χ0n) is 7.03. The van der Waals surface area contributed by atoms with Crippen LogP contribution in [0.2, 0.25) is 0 Å². The fourth-order valence-corrected chi connectivity index (χ4v) is 0.557. The maximum absolute atomic E-state index is 3.99. The van der Waals surface area contributed by atoms with E-state index in [-0.39, 0.29) is 28.5 Å². The van der Waals surface area contributed by atoms with Gasteiger partial charge in [0.1, 0.15) is 0 Å². The standard InChI is InChI=1S/C7H9N2.CH3.W/c1-6(2)7-5-8-3-4-9-7;;/h3,5-6H,1-2H3;1H3;/q2*-1;+2. The van der Waals surface area contributed by atoms with Crippen LogP contribution in [0, 0.1) is 13.6 Å². The molecule has 0 aliphatic rings. The molecule has 0 radical (unpaired) electrons. The van der Waals surface area contributed by atoms with E-state index in [1.807, 2.05) is 0 Å². The molecule has 0 amide bonds. The summed E-state index contributed by atoms with van der Waals surface area (Å²) in [7, 11) is 0. The van der Waals surface area contributed by atoms with E-state index in [4.69, 9.17) is 0 Å². The largest absolute Gasteiger partial charge is 2.00 e. The van der Waals surface area contributed by atoms with Crippen molar-refractivity contribution in [2.45, 2.75) is 19.8 Å². The molecule has 0 aromatic carbocycles. The Kier molecular flexibility index (Phi) is 7.87. The summed E-state index contributed by atoms with van der Waals surface area (Å²) in [5, 5.41) is 0. The molecule has 1 aromatic heterocycles. The van der Waals surface area contributed by atoms with Crippen molar-refractivity contribution >= 4 is 0 Å². The van der Waals surface area contributed by atoms with E-state index in [2.05, 4.69) is 30.0 Å². The molecule has 1 aromatic rings. The maximum Gasteiger partial charge on any atom is 2.00 e. The van der Waals surface area contributed by atoms with Crippen molar-refractivity contribution < 1.29 is 21.1 Å². The van der Waals surface area contributed by atoms with E-state index < -0.39 is 0 Å². The van der Waals surface area contributed by atoms with Gasteiger partial charge in [0, 0.05) is 0 Å². The second kappa shape index (κ2) is 6.48. The first kappa shape index (κ1) is 13.4. The topological polar surface area (TPSA) is 25.8 Å². The first-order valence-electron chi connectivity index (χ1n) is 2.98. The van der Waals surface area contributed by atoms with Crippen LogP contribution in [-0.2, 0) is 21.1 Å². The van der Waals surface area contributed by atoms with Crippen molar-refractivity contribution in [3.63, 3.8) is 0 Å². The molecule has 0 unspecified atom stereocenters. The molecule has 2 nitrogen and oxygen atoms in total. The van der Waals surface area contributed by atoms with E-state index in [0.29, 0.717) is 5.92 Å². The number of hydrogen-bond donors (Lipinski definition) is 0. The van der Waals surface area contributed by atoms with Gasteiger partial charge in [0.2, 0.25) is 0 Å². The second-order valence-electron chi connectivity index (χ2n) is 2.23. The average molecular weight is 320 g/mol. The van der Waals surface area contributed by atoms with Crippen LogP contribution < -0.4 is 0 Å². The van der Waals surface area contributed by atoms with Gasteiger partial charge in [-0.1, -0.05) is 25.5 Å². The Hall–Kier alpha value is -0.232. The molecule has 0 bridgehead atoms. The predicted molar refractivity (Wildman–Crippen MR) is 41.4 cm³/mol. The molecule has 3 heteroatoms. The van der Waals surface area contributed by atoms with Gasteiger partial charge in [0.15, 0.2) is 0 Å². The third kappa shape index (κ3) is 4.26.